The van der Waals surface area contributed by atoms with Gasteiger partial charge in [0.05, 0.1) is 10.9 Å². The molecule has 0 nitrogen and oxygen atoms in total. The van der Waals surface area contributed by atoms with Gasteiger partial charge in [-0.25, -0.2) is 0 Å². The summed E-state index contributed by atoms with van der Waals surface area (Å²) in [6.45, 7) is 2.27. The Balaban J connectivity index is 1.75. The molecular formula is C25H29S+. The number of aryl methyl sites for hydroxylation is 1. The summed E-state index contributed by atoms with van der Waals surface area (Å²) >= 11 is 0. The minimum atomic E-state index is -0.0329. The van der Waals surface area contributed by atoms with E-state index in [0.29, 0.717) is 0 Å². The molecule has 0 unspecified atom stereocenters. The lowest BCUT2D eigenvalue weighted by molar-refractivity contribution is 0.632. The second-order valence-electron chi connectivity index (χ2n) is 6.74. The van der Waals surface area contributed by atoms with Gasteiger partial charge in [0, 0.05) is 0 Å². The maximum atomic E-state index is 2.34. The summed E-state index contributed by atoms with van der Waals surface area (Å²) in [6.07, 6.45) is 7.93. The van der Waals surface area contributed by atoms with E-state index in [0.717, 1.165) is 0 Å². The van der Waals surface area contributed by atoms with Crippen molar-refractivity contribution in [1.82, 2.24) is 0 Å². The molecule has 0 aliphatic heterocycles. The Kier molecular flexibility index (Phi) is 7.39. The summed E-state index contributed by atoms with van der Waals surface area (Å²) in [7, 11) is -0.0329. The third kappa shape index (κ3) is 5.25. The first-order chi connectivity index (χ1) is 12.9. The van der Waals surface area contributed by atoms with Crippen LogP contribution in [0.4, 0.5) is 0 Å². The van der Waals surface area contributed by atoms with Gasteiger partial charge in [-0.15, -0.1) is 0 Å². The topological polar surface area (TPSA) is 0 Å². The molecule has 0 radical (unpaired) electrons. The van der Waals surface area contributed by atoms with E-state index in [1.165, 1.54) is 58.8 Å². The lowest BCUT2D eigenvalue weighted by Gasteiger charge is -2.09. The van der Waals surface area contributed by atoms with Gasteiger partial charge < -0.3 is 0 Å². The van der Waals surface area contributed by atoms with E-state index < -0.39 is 0 Å². The Hall–Kier alpha value is -1.99. The minimum absolute atomic E-state index is 0.0329. The zero-order valence-electron chi connectivity index (χ0n) is 15.7. The van der Waals surface area contributed by atoms with E-state index >= 15 is 0 Å². The van der Waals surface area contributed by atoms with Gasteiger partial charge in [-0.1, -0.05) is 81.1 Å². The van der Waals surface area contributed by atoms with Crippen molar-refractivity contribution in [3.05, 3.63) is 90.5 Å². The Morgan fingerprint density at radius 3 is 1.58 bits per heavy atom. The van der Waals surface area contributed by atoms with Crippen molar-refractivity contribution < 1.29 is 0 Å². The van der Waals surface area contributed by atoms with Crippen LogP contribution in [0.1, 0.15) is 44.6 Å². The molecule has 26 heavy (non-hydrogen) atoms. The van der Waals surface area contributed by atoms with Crippen molar-refractivity contribution in [2.45, 2.75) is 60.1 Å². The molecular weight excluding hydrogens is 332 g/mol. The van der Waals surface area contributed by atoms with Crippen LogP contribution in [-0.2, 0) is 17.3 Å². The number of hydrogen-bond donors (Lipinski definition) is 0. The van der Waals surface area contributed by atoms with Gasteiger partial charge >= 0.3 is 0 Å². The Labute approximate surface area is 161 Å². The first-order valence-corrected chi connectivity index (χ1v) is 11.0. The first-order valence-electron chi connectivity index (χ1n) is 9.82. The molecule has 0 fully saturated rings. The Morgan fingerprint density at radius 2 is 1.04 bits per heavy atom. The van der Waals surface area contributed by atoms with Crippen LogP contribution in [0.15, 0.2) is 99.6 Å². The summed E-state index contributed by atoms with van der Waals surface area (Å²) in [5.41, 5.74) is 1.47. The van der Waals surface area contributed by atoms with Crippen molar-refractivity contribution in [3.8, 4) is 0 Å². The standard InChI is InChI=1S/C25H29S/c1-2-3-4-5-8-13-22-18-20-25(21-19-22)26(23-14-9-6-10-15-23)24-16-11-7-12-17-24/h6-7,9-12,14-21H,2-5,8,13H2,1H3/q+1. The van der Waals surface area contributed by atoms with Crippen molar-refractivity contribution >= 4 is 10.9 Å². The van der Waals surface area contributed by atoms with Gasteiger partial charge in [0.15, 0.2) is 14.7 Å². The van der Waals surface area contributed by atoms with Crippen LogP contribution in [0.5, 0.6) is 0 Å². The van der Waals surface area contributed by atoms with Crippen LogP contribution in [0.25, 0.3) is 0 Å². The maximum absolute atomic E-state index is 2.34. The highest BCUT2D eigenvalue weighted by Gasteiger charge is 2.27. The molecule has 0 aromatic heterocycles. The summed E-state index contributed by atoms with van der Waals surface area (Å²) in [4.78, 5) is 4.16. The number of benzene rings is 3. The highest BCUT2D eigenvalue weighted by molar-refractivity contribution is 7.97. The van der Waals surface area contributed by atoms with Crippen LogP contribution in [0.3, 0.4) is 0 Å². The van der Waals surface area contributed by atoms with Crippen molar-refractivity contribution in [1.29, 1.82) is 0 Å². The van der Waals surface area contributed by atoms with E-state index in [9.17, 15) is 0 Å². The molecule has 0 heterocycles. The van der Waals surface area contributed by atoms with Crippen LogP contribution in [0.2, 0.25) is 0 Å². The smallest absolute Gasteiger partial charge is 0.0654 e. The quantitative estimate of drug-likeness (QED) is 0.277. The fourth-order valence-electron chi connectivity index (χ4n) is 3.25. The second kappa shape index (κ2) is 10.2. The molecule has 3 rings (SSSR count). The summed E-state index contributed by atoms with van der Waals surface area (Å²) in [6, 6.07) is 31.1. The van der Waals surface area contributed by atoms with E-state index in [-0.39, 0.29) is 10.9 Å². The molecule has 0 saturated heterocycles. The van der Waals surface area contributed by atoms with Gasteiger partial charge in [-0.2, -0.15) is 0 Å². The van der Waals surface area contributed by atoms with Crippen molar-refractivity contribution in [2.24, 2.45) is 0 Å². The van der Waals surface area contributed by atoms with Gasteiger partial charge in [0.1, 0.15) is 0 Å². The average molecular weight is 362 g/mol. The predicted octanol–water partition coefficient (Wildman–Crippen LogP) is 7.29. The minimum Gasteiger partial charge on any atom is -0.0654 e. The summed E-state index contributed by atoms with van der Waals surface area (Å²) in [5, 5.41) is 0. The lowest BCUT2D eigenvalue weighted by atomic mass is 10.1. The second-order valence-corrected chi connectivity index (χ2v) is 8.77. The predicted molar refractivity (Wildman–Crippen MR) is 114 cm³/mol. The SMILES string of the molecule is CCCCCCCc1ccc([S+](c2ccccc2)c2ccccc2)cc1. The first kappa shape index (κ1) is 18.8. The summed E-state index contributed by atoms with van der Waals surface area (Å²) in [5.74, 6) is 0. The highest BCUT2D eigenvalue weighted by atomic mass is 32.2. The fourth-order valence-corrected chi connectivity index (χ4v) is 5.33. The molecule has 1 heteroatoms. The normalized spacial score (nSPS) is 11.0. The largest absolute Gasteiger partial charge is 0.166 e. The van der Waals surface area contributed by atoms with Gasteiger partial charge in [0.25, 0.3) is 0 Å². The van der Waals surface area contributed by atoms with E-state index in [1.54, 1.807) is 0 Å². The number of rotatable bonds is 9. The van der Waals surface area contributed by atoms with Crippen LogP contribution >= 0.6 is 0 Å². The highest BCUT2D eigenvalue weighted by Crippen LogP contribution is 2.31. The Bertz CT molecular complexity index is 708. The van der Waals surface area contributed by atoms with E-state index in [4.69, 9.17) is 0 Å². The average Bonchev–Trinajstić information content (AvgIpc) is 2.71. The van der Waals surface area contributed by atoms with Gasteiger partial charge in [-0.05, 0) is 54.8 Å². The molecule has 0 saturated carbocycles. The molecule has 0 N–H and O–H groups in total. The maximum Gasteiger partial charge on any atom is 0.166 e. The zero-order valence-corrected chi connectivity index (χ0v) is 16.6. The van der Waals surface area contributed by atoms with Crippen LogP contribution in [-0.4, -0.2) is 0 Å². The van der Waals surface area contributed by atoms with Crippen molar-refractivity contribution in [3.63, 3.8) is 0 Å². The molecule has 134 valence electrons. The molecule has 0 atom stereocenters. The molecule has 0 bridgehead atoms. The van der Waals surface area contributed by atoms with Gasteiger partial charge in [-0.3, -0.25) is 0 Å². The van der Waals surface area contributed by atoms with E-state index in [1.807, 2.05) is 0 Å². The molecule has 0 aliphatic carbocycles. The van der Waals surface area contributed by atoms with E-state index in [2.05, 4.69) is 91.9 Å². The molecule has 0 amide bonds. The molecule has 3 aromatic rings. The molecule has 0 spiro atoms. The fraction of sp³-hybridized carbons (Fsp3) is 0.280. The third-order valence-corrected chi connectivity index (χ3v) is 6.92. The van der Waals surface area contributed by atoms with Crippen molar-refractivity contribution in [2.75, 3.05) is 0 Å². The summed E-state index contributed by atoms with van der Waals surface area (Å²) < 4.78 is 0. The monoisotopic (exact) mass is 361 g/mol. The number of hydrogen-bond acceptors (Lipinski definition) is 0. The van der Waals surface area contributed by atoms with Crippen LogP contribution in [0, 0.1) is 0 Å². The lowest BCUT2D eigenvalue weighted by Crippen LogP contribution is -2.04. The van der Waals surface area contributed by atoms with Gasteiger partial charge in [0.2, 0.25) is 0 Å². The molecule has 3 aromatic carbocycles. The van der Waals surface area contributed by atoms with Crippen LogP contribution < -0.4 is 0 Å². The Morgan fingerprint density at radius 1 is 0.538 bits per heavy atom. The zero-order chi connectivity index (χ0) is 18.0. The number of unbranched alkanes of at least 4 members (excludes halogenated alkanes) is 4. The third-order valence-electron chi connectivity index (χ3n) is 4.69. The molecule has 0 aliphatic rings.